The van der Waals surface area contributed by atoms with Crippen molar-refractivity contribution in [3.63, 3.8) is 0 Å². The van der Waals surface area contributed by atoms with E-state index < -0.39 is 18.6 Å². The minimum Gasteiger partial charge on any atom is -0.482 e. The summed E-state index contributed by atoms with van der Waals surface area (Å²) in [4.78, 5) is 26.2. The predicted molar refractivity (Wildman–Crippen MR) is 79.1 cm³/mol. The van der Waals surface area contributed by atoms with Crippen LogP contribution in [0.3, 0.4) is 0 Å². The van der Waals surface area contributed by atoms with Crippen LogP contribution in [0.5, 0.6) is 5.75 Å². The number of urea groups is 1. The molecule has 0 aliphatic carbocycles. The Morgan fingerprint density at radius 3 is 2.57 bits per heavy atom. The summed E-state index contributed by atoms with van der Waals surface area (Å²) in [6.07, 6.45) is 0. The first-order valence-corrected chi connectivity index (χ1v) is 6.85. The van der Waals surface area contributed by atoms with Gasteiger partial charge in [-0.2, -0.15) is 0 Å². The number of nitrogens with one attached hydrogen (secondary N) is 2. The average molecular weight is 307 g/mol. The number of benzene rings is 1. The van der Waals surface area contributed by atoms with Gasteiger partial charge in [-0.05, 0) is 31.2 Å². The van der Waals surface area contributed by atoms with Gasteiger partial charge in [0.1, 0.15) is 5.75 Å². The molecule has 7 nitrogen and oxygen atoms in total. The highest BCUT2D eigenvalue weighted by molar-refractivity contribution is 7.13. The van der Waals surface area contributed by atoms with Crippen LogP contribution < -0.4 is 15.4 Å². The molecule has 0 aliphatic rings. The maximum atomic E-state index is 11.7. The Bertz CT molecular complexity index is 639. The number of nitrogens with zero attached hydrogens (tertiary/aromatic N) is 1. The van der Waals surface area contributed by atoms with E-state index in [1.807, 2.05) is 12.3 Å². The van der Waals surface area contributed by atoms with Gasteiger partial charge in [-0.3, -0.25) is 5.32 Å². The van der Waals surface area contributed by atoms with Crippen LogP contribution in [-0.2, 0) is 4.79 Å². The van der Waals surface area contributed by atoms with E-state index in [4.69, 9.17) is 9.84 Å². The van der Waals surface area contributed by atoms with Gasteiger partial charge in [0.2, 0.25) is 0 Å². The lowest BCUT2D eigenvalue weighted by Gasteiger charge is -2.07. The zero-order valence-electron chi connectivity index (χ0n) is 11.1. The second kappa shape index (κ2) is 6.71. The number of carbonyl (C=O) groups excluding carboxylic acids is 1. The van der Waals surface area contributed by atoms with Gasteiger partial charge < -0.3 is 15.2 Å². The van der Waals surface area contributed by atoms with Gasteiger partial charge in [-0.25, -0.2) is 14.6 Å². The fraction of sp³-hybridized carbons (Fsp3) is 0.154. The number of aromatic nitrogens is 1. The fourth-order valence-corrected chi connectivity index (χ4v) is 2.13. The van der Waals surface area contributed by atoms with Crippen molar-refractivity contribution >= 4 is 34.2 Å². The fourth-order valence-electron chi connectivity index (χ4n) is 1.45. The number of thiazole rings is 1. The predicted octanol–water partition coefficient (Wildman–Crippen LogP) is 2.56. The third-order valence-electron chi connectivity index (χ3n) is 2.31. The van der Waals surface area contributed by atoms with Crippen molar-refractivity contribution in [1.82, 2.24) is 4.98 Å². The van der Waals surface area contributed by atoms with Gasteiger partial charge in [0.25, 0.3) is 0 Å². The van der Waals surface area contributed by atoms with Crippen molar-refractivity contribution in [2.75, 3.05) is 17.2 Å². The molecule has 1 aromatic carbocycles. The van der Waals surface area contributed by atoms with E-state index in [9.17, 15) is 9.59 Å². The molecule has 2 aromatic rings. The largest absolute Gasteiger partial charge is 0.482 e. The van der Waals surface area contributed by atoms with Crippen molar-refractivity contribution in [3.05, 3.63) is 35.3 Å². The number of rotatable bonds is 5. The van der Waals surface area contributed by atoms with E-state index in [0.29, 0.717) is 16.6 Å². The van der Waals surface area contributed by atoms with Crippen LogP contribution in [0.25, 0.3) is 0 Å². The number of anilines is 2. The maximum Gasteiger partial charge on any atom is 0.341 e. The van der Waals surface area contributed by atoms with Crippen molar-refractivity contribution in [3.8, 4) is 5.75 Å². The van der Waals surface area contributed by atoms with E-state index in [1.165, 1.54) is 11.3 Å². The van der Waals surface area contributed by atoms with Gasteiger partial charge in [-0.1, -0.05) is 0 Å². The van der Waals surface area contributed by atoms with Crippen molar-refractivity contribution in [2.24, 2.45) is 0 Å². The lowest BCUT2D eigenvalue weighted by atomic mass is 10.3. The Kier molecular flexibility index (Phi) is 4.72. The van der Waals surface area contributed by atoms with Crippen LogP contribution in [-0.4, -0.2) is 28.7 Å². The number of carbonyl (C=O) groups is 2. The summed E-state index contributed by atoms with van der Waals surface area (Å²) in [5.74, 6) is -0.630. The van der Waals surface area contributed by atoms with Gasteiger partial charge in [0.15, 0.2) is 11.7 Å². The molecule has 0 fully saturated rings. The number of aliphatic carboxylic acids is 1. The minimum atomic E-state index is -1.05. The Morgan fingerprint density at radius 1 is 1.29 bits per heavy atom. The quantitative estimate of drug-likeness (QED) is 0.788. The second-order valence-electron chi connectivity index (χ2n) is 4.08. The second-order valence-corrected chi connectivity index (χ2v) is 4.94. The lowest BCUT2D eigenvalue weighted by molar-refractivity contribution is -0.139. The molecule has 0 atom stereocenters. The highest BCUT2D eigenvalue weighted by Crippen LogP contribution is 2.17. The molecule has 0 unspecified atom stereocenters. The van der Waals surface area contributed by atoms with Crippen molar-refractivity contribution in [2.45, 2.75) is 6.92 Å². The number of ether oxygens (including phenoxy) is 1. The highest BCUT2D eigenvalue weighted by Gasteiger charge is 2.06. The first-order chi connectivity index (χ1) is 10.0. The third kappa shape index (κ3) is 4.77. The Labute approximate surface area is 124 Å². The summed E-state index contributed by atoms with van der Waals surface area (Å²) in [6, 6.07) is 5.98. The summed E-state index contributed by atoms with van der Waals surface area (Å²) in [5, 5.41) is 16.1. The van der Waals surface area contributed by atoms with Crippen LogP contribution in [0, 0.1) is 6.92 Å². The maximum absolute atomic E-state index is 11.7. The van der Waals surface area contributed by atoms with E-state index >= 15 is 0 Å². The van der Waals surface area contributed by atoms with Crippen LogP contribution in [0.2, 0.25) is 0 Å². The normalized spacial score (nSPS) is 9.95. The van der Waals surface area contributed by atoms with E-state index in [2.05, 4.69) is 15.6 Å². The van der Waals surface area contributed by atoms with Crippen LogP contribution >= 0.6 is 11.3 Å². The zero-order valence-corrected chi connectivity index (χ0v) is 11.9. The lowest BCUT2D eigenvalue weighted by Crippen LogP contribution is -2.19. The molecule has 8 heteroatoms. The first kappa shape index (κ1) is 14.8. The number of hydrogen-bond acceptors (Lipinski definition) is 5. The number of carboxylic acid groups (broad SMARTS) is 1. The number of hydrogen-bond donors (Lipinski definition) is 3. The number of carboxylic acids is 1. The Balaban J connectivity index is 1.87. The van der Waals surface area contributed by atoms with E-state index in [0.717, 1.165) is 5.69 Å². The summed E-state index contributed by atoms with van der Waals surface area (Å²) in [5.41, 5.74) is 1.40. The standard InChI is InChI=1S/C13H13N3O4S/c1-8-7-21-13(14-8)16-12(19)15-9-2-4-10(5-3-9)20-6-11(17)18/h2-5,7H,6H2,1H3,(H,17,18)(H2,14,15,16,19). The average Bonchev–Trinajstić information content (AvgIpc) is 2.83. The summed E-state index contributed by atoms with van der Waals surface area (Å²) < 4.78 is 4.99. The molecule has 2 rings (SSSR count). The molecule has 21 heavy (non-hydrogen) atoms. The molecule has 1 aromatic heterocycles. The Morgan fingerprint density at radius 2 is 2.00 bits per heavy atom. The molecule has 0 aliphatic heterocycles. The van der Waals surface area contributed by atoms with E-state index in [-0.39, 0.29) is 0 Å². The summed E-state index contributed by atoms with van der Waals surface area (Å²) in [6.45, 7) is 1.44. The number of aryl methyl sites for hydroxylation is 1. The van der Waals surface area contributed by atoms with Crippen molar-refractivity contribution < 1.29 is 19.4 Å². The molecule has 0 radical (unpaired) electrons. The molecule has 2 amide bonds. The van der Waals surface area contributed by atoms with Gasteiger partial charge in [0.05, 0.1) is 5.69 Å². The molecule has 0 saturated carbocycles. The molecular formula is C13H13N3O4S. The summed E-state index contributed by atoms with van der Waals surface area (Å²) >= 11 is 1.34. The Hall–Kier alpha value is -2.61. The van der Waals surface area contributed by atoms with Crippen LogP contribution in [0.15, 0.2) is 29.6 Å². The van der Waals surface area contributed by atoms with Crippen LogP contribution in [0.4, 0.5) is 15.6 Å². The first-order valence-electron chi connectivity index (χ1n) is 5.98. The molecule has 0 saturated heterocycles. The monoisotopic (exact) mass is 307 g/mol. The molecule has 0 spiro atoms. The summed E-state index contributed by atoms with van der Waals surface area (Å²) in [7, 11) is 0. The highest BCUT2D eigenvalue weighted by atomic mass is 32.1. The van der Waals surface area contributed by atoms with E-state index in [1.54, 1.807) is 24.3 Å². The topological polar surface area (TPSA) is 101 Å². The molecule has 0 bridgehead atoms. The van der Waals surface area contributed by atoms with Gasteiger partial charge in [-0.15, -0.1) is 11.3 Å². The molecule has 3 N–H and O–H groups in total. The molecule has 1 heterocycles. The van der Waals surface area contributed by atoms with Gasteiger partial charge in [0, 0.05) is 11.1 Å². The SMILES string of the molecule is Cc1csc(NC(=O)Nc2ccc(OCC(=O)O)cc2)n1. The number of amides is 2. The van der Waals surface area contributed by atoms with Gasteiger partial charge >= 0.3 is 12.0 Å². The molecular weight excluding hydrogens is 294 g/mol. The molecule has 110 valence electrons. The smallest absolute Gasteiger partial charge is 0.341 e. The van der Waals surface area contributed by atoms with Crippen LogP contribution in [0.1, 0.15) is 5.69 Å². The van der Waals surface area contributed by atoms with Crippen molar-refractivity contribution in [1.29, 1.82) is 0 Å². The zero-order chi connectivity index (χ0) is 15.2. The minimum absolute atomic E-state index is 0.399. The third-order valence-corrected chi connectivity index (χ3v) is 3.19.